The Morgan fingerprint density at radius 2 is 1.80 bits per heavy atom. The zero-order chi connectivity index (χ0) is 39.6. The molecule has 1 aromatic carbocycles. The molecule has 2 aromatic rings. The molecule has 14 heteroatoms. The van der Waals surface area contributed by atoms with E-state index in [0.29, 0.717) is 46.5 Å². The van der Waals surface area contributed by atoms with Crippen molar-refractivity contribution in [2.75, 3.05) is 46.9 Å². The Kier molecular flexibility index (Phi) is 9.80. The number of allylic oxidation sites excluding steroid dienone is 3. The number of likely N-dealkylation sites (N-methyl/N-ethyl adjacent to an activating group) is 2. The van der Waals surface area contributed by atoms with Crippen molar-refractivity contribution in [2.45, 2.75) is 65.4 Å². The Morgan fingerprint density at radius 3 is 2.44 bits per heavy atom. The lowest BCUT2D eigenvalue weighted by molar-refractivity contribution is -0.565. The Bertz CT molecular complexity index is 2070. The van der Waals surface area contributed by atoms with E-state index in [2.05, 4.69) is 41.1 Å². The normalized spacial score (nSPS) is 31.2. The average molecular weight is 770 g/mol. The maximum absolute atomic E-state index is 10.5. The Labute approximate surface area is 327 Å². The van der Waals surface area contributed by atoms with Gasteiger partial charge in [-0.3, -0.25) is 10.4 Å². The molecule has 7 rings (SSSR count). The van der Waals surface area contributed by atoms with Gasteiger partial charge in [-0.25, -0.2) is 9.98 Å². The van der Waals surface area contributed by atoms with Gasteiger partial charge in [0.05, 0.1) is 22.4 Å². The number of amidine groups is 2. The smallest absolute Gasteiger partial charge is 0.299 e. The topological polar surface area (TPSA) is 202 Å². The number of fused-ring (bicyclic) bond motifs is 1. The van der Waals surface area contributed by atoms with Crippen molar-refractivity contribution in [3.8, 4) is 0 Å². The van der Waals surface area contributed by atoms with E-state index in [-0.39, 0.29) is 51.2 Å². The van der Waals surface area contributed by atoms with Crippen LogP contribution in [0.4, 0.5) is 5.13 Å². The summed E-state index contributed by atoms with van der Waals surface area (Å²) < 4.78 is 7.83. The number of hydrogen-bond donors (Lipinski definition) is 7. The standard InChI is InChI=1S/C41H55N9O4S/c1-25(34(44)48-36-46-29-10-7-8-11-30(29)55-36)18-31(43)50(6)32-13-12-27(33(47-32)35(52)53)28(19-42)26(2)45-24-39-20-37(3)22-40(23-38(4,21-39)41(37,39)40)54-17-15-49(5)14-9-16-51/h7-8,10-13,18-19,43,47,51-53H,9,14-17,20-24,42H2,1-6H3,(H2,44,46,48). The fourth-order valence-electron chi connectivity index (χ4n) is 12.0. The van der Waals surface area contributed by atoms with Gasteiger partial charge in [-0.15, -0.1) is 0 Å². The molecule has 1 aliphatic heterocycles. The summed E-state index contributed by atoms with van der Waals surface area (Å²) in [5, 5.41) is 42.5. The minimum atomic E-state index is -0.905. The SMILES string of the molecule is CC(=CC(=N)N(C)C1=CC=C(C(=CN)C(C)=NCC23CC4(C)CC5(OCCN(C)CCCO)CC(C)(C2)C435)C(=C(O)O)N1)C(N)=Nc1nc2ccccc2s1. The van der Waals surface area contributed by atoms with Gasteiger partial charge in [0.2, 0.25) is 5.13 Å². The van der Waals surface area contributed by atoms with Crippen LogP contribution in [0.25, 0.3) is 10.2 Å². The minimum Gasteiger partial charge on any atom is -0.480 e. The predicted octanol–water partition coefficient (Wildman–Crippen LogP) is 5.77. The fraction of sp³-hybridized carbons (Fsp3) is 0.512. The van der Waals surface area contributed by atoms with Crippen molar-refractivity contribution in [3.05, 3.63) is 82.9 Å². The van der Waals surface area contributed by atoms with Crippen molar-refractivity contribution < 1.29 is 20.1 Å². The van der Waals surface area contributed by atoms with E-state index in [9.17, 15) is 15.3 Å². The molecule has 1 spiro atoms. The first-order chi connectivity index (χ1) is 26.1. The summed E-state index contributed by atoms with van der Waals surface area (Å²) in [4.78, 5) is 17.9. The van der Waals surface area contributed by atoms with E-state index in [1.807, 2.05) is 31.2 Å². The molecule has 5 aliphatic rings. The number of rotatable bonds is 15. The number of aliphatic hydroxyl groups is 3. The molecule has 2 heterocycles. The van der Waals surface area contributed by atoms with E-state index in [1.54, 1.807) is 37.1 Å². The van der Waals surface area contributed by atoms with Crippen LogP contribution in [-0.4, -0.2) is 100 Å². The molecule has 4 fully saturated rings. The van der Waals surface area contributed by atoms with Crippen molar-refractivity contribution in [1.29, 1.82) is 5.41 Å². The molecule has 294 valence electrons. The first-order valence-electron chi connectivity index (χ1n) is 19.0. The highest BCUT2D eigenvalue weighted by molar-refractivity contribution is 7.22. The van der Waals surface area contributed by atoms with Gasteiger partial charge in [0.15, 0.2) is 0 Å². The van der Waals surface area contributed by atoms with Crippen molar-refractivity contribution in [2.24, 2.45) is 43.1 Å². The molecule has 1 aromatic heterocycles. The summed E-state index contributed by atoms with van der Waals surface area (Å²) in [7, 11) is 3.77. The summed E-state index contributed by atoms with van der Waals surface area (Å²) in [6.45, 7) is 11.8. The molecule has 13 nitrogen and oxygen atoms in total. The summed E-state index contributed by atoms with van der Waals surface area (Å²) in [6.07, 6.45) is 11.8. The van der Waals surface area contributed by atoms with Crippen LogP contribution in [0.2, 0.25) is 0 Å². The molecule has 0 bridgehead atoms. The van der Waals surface area contributed by atoms with Crippen LogP contribution in [0.3, 0.4) is 0 Å². The van der Waals surface area contributed by atoms with E-state index < -0.39 is 5.95 Å². The zero-order valence-electron chi connectivity index (χ0n) is 32.7. The lowest BCUT2D eigenvalue weighted by Crippen LogP contribution is -3.01. The molecule has 0 radical (unpaired) electrons. The van der Waals surface area contributed by atoms with Gasteiger partial charge < -0.3 is 46.6 Å². The van der Waals surface area contributed by atoms with Crippen LogP contribution >= 0.6 is 11.3 Å². The van der Waals surface area contributed by atoms with Crippen LogP contribution in [0, 0.1) is 27.1 Å². The van der Waals surface area contributed by atoms with Gasteiger partial charge in [-0.05, 0) is 99.8 Å². The third-order valence-corrected chi connectivity index (χ3v) is 14.2. The van der Waals surface area contributed by atoms with Gasteiger partial charge >= 0.3 is 0 Å². The molecular formula is C41H55N9O4S. The quantitative estimate of drug-likeness (QED) is 0.0663. The van der Waals surface area contributed by atoms with Gasteiger partial charge in [0.1, 0.15) is 23.2 Å². The van der Waals surface area contributed by atoms with E-state index in [0.717, 1.165) is 55.4 Å². The lowest BCUT2D eigenvalue weighted by Gasteiger charge is -3.02. The maximum atomic E-state index is 10.5. The third-order valence-electron chi connectivity index (χ3n) is 13.2. The summed E-state index contributed by atoms with van der Waals surface area (Å²) >= 11 is 1.44. The number of hydrogen-bond acceptors (Lipinski definition) is 12. The molecule has 4 aliphatic carbocycles. The Morgan fingerprint density at radius 1 is 1.09 bits per heavy atom. The number of dihydropyridines is 1. The number of nitrogens with zero attached hydrogens (tertiary/aromatic N) is 5. The number of thiazole rings is 1. The minimum absolute atomic E-state index is 0.0552. The monoisotopic (exact) mass is 769 g/mol. The highest BCUT2D eigenvalue weighted by atomic mass is 32.1. The van der Waals surface area contributed by atoms with Crippen molar-refractivity contribution in [3.63, 3.8) is 0 Å². The summed E-state index contributed by atoms with van der Waals surface area (Å²) in [5.74, 6) is -0.126. The van der Waals surface area contributed by atoms with Crippen molar-refractivity contribution >= 4 is 44.1 Å². The number of para-hydroxylation sites is 1. The second-order valence-electron chi connectivity index (χ2n) is 16.8. The largest absolute Gasteiger partial charge is 0.480 e. The Hall–Kier alpha value is -4.50. The molecule has 4 saturated carbocycles. The molecule has 0 amide bonds. The number of nitrogens with two attached hydrogens (primary N) is 2. The zero-order valence-corrected chi connectivity index (χ0v) is 33.6. The average Bonchev–Trinajstić information content (AvgIpc) is 3.53. The second-order valence-corrected chi connectivity index (χ2v) is 17.8. The number of benzene rings is 1. The van der Waals surface area contributed by atoms with Crippen LogP contribution in [-0.2, 0) is 4.74 Å². The van der Waals surface area contributed by atoms with Gasteiger partial charge in [-0.1, -0.05) is 37.3 Å². The number of ether oxygens (including phenoxy) is 1. The van der Waals surface area contributed by atoms with Gasteiger partial charge in [-0.2, -0.15) is 0 Å². The maximum Gasteiger partial charge on any atom is 0.299 e. The van der Waals surface area contributed by atoms with Gasteiger partial charge in [0.25, 0.3) is 5.95 Å². The highest BCUT2D eigenvalue weighted by Crippen LogP contribution is 3.03. The Balaban J connectivity index is 1.05. The van der Waals surface area contributed by atoms with Crippen LogP contribution in [0.5, 0.6) is 0 Å². The number of aliphatic imine (C=N–C) groups is 2. The van der Waals surface area contributed by atoms with E-state index in [1.165, 1.54) is 17.5 Å². The van der Waals surface area contributed by atoms with Crippen LogP contribution < -0.4 is 16.8 Å². The fourth-order valence-corrected chi connectivity index (χ4v) is 12.8. The van der Waals surface area contributed by atoms with Crippen molar-refractivity contribution in [1.82, 2.24) is 20.1 Å². The summed E-state index contributed by atoms with van der Waals surface area (Å²) in [5.41, 5.74) is 16.4. The first kappa shape index (κ1) is 38.8. The predicted molar refractivity (Wildman–Crippen MR) is 219 cm³/mol. The highest BCUT2D eigenvalue weighted by Gasteiger charge is 3.02. The molecule has 55 heavy (non-hydrogen) atoms. The molecular weight excluding hydrogens is 715 g/mol. The molecule has 0 saturated heterocycles. The third kappa shape index (κ3) is 5.82. The van der Waals surface area contributed by atoms with Gasteiger partial charge in [0, 0.05) is 67.2 Å². The van der Waals surface area contributed by atoms with Crippen LogP contribution in [0.1, 0.15) is 59.8 Å². The van der Waals surface area contributed by atoms with E-state index in [4.69, 9.17) is 26.6 Å². The first-order valence-corrected chi connectivity index (χ1v) is 19.8. The van der Waals surface area contributed by atoms with E-state index >= 15 is 0 Å². The van der Waals surface area contributed by atoms with Crippen LogP contribution in [0.15, 0.2) is 92.9 Å². The lowest BCUT2D eigenvalue weighted by atomic mass is 9.03. The number of aliphatic hydroxyl groups excluding tert-OH is 2. The molecule has 9 N–H and O–H groups in total. The second kappa shape index (κ2) is 13.9. The summed E-state index contributed by atoms with van der Waals surface area (Å²) in [6, 6.07) is 7.77. The molecule has 2 atom stereocenters. The number of nitrogens with one attached hydrogen (secondary N) is 2. The number of aromatic nitrogens is 1. The molecule has 2 unspecified atom stereocenters.